The van der Waals surface area contributed by atoms with Crippen molar-refractivity contribution in [3.8, 4) is 27.4 Å². The van der Waals surface area contributed by atoms with Crippen LogP contribution < -0.4 is 10.5 Å². The van der Waals surface area contributed by atoms with Crippen LogP contribution in [0.1, 0.15) is 5.56 Å². The van der Waals surface area contributed by atoms with Gasteiger partial charge in [0.2, 0.25) is 0 Å². The standard InChI is InChI=1S/C18H21N3OS2/c1-12-10-14(22-8-7-21(2)3)4-5-15(12)16-17(24-18(19)20-16)13-6-9-23-11-13/h4-6,9-11H,7-8H2,1-3H3,(H2,19,20). The van der Waals surface area contributed by atoms with Crippen molar-refractivity contribution < 1.29 is 4.74 Å². The number of anilines is 1. The van der Waals surface area contributed by atoms with E-state index in [2.05, 4.69) is 45.8 Å². The number of nitrogen functional groups attached to an aromatic ring is 1. The minimum Gasteiger partial charge on any atom is -0.492 e. The summed E-state index contributed by atoms with van der Waals surface area (Å²) in [6.07, 6.45) is 0. The third-order valence-electron chi connectivity index (χ3n) is 3.69. The second kappa shape index (κ2) is 7.34. The van der Waals surface area contributed by atoms with Gasteiger partial charge in [0.15, 0.2) is 5.13 Å². The van der Waals surface area contributed by atoms with Gasteiger partial charge in [-0.2, -0.15) is 11.3 Å². The lowest BCUT2D eigenvalue weighted by atomic mass is 10.0. The van der Waals surface area contributed by atoms with Crippen LogP contribution in [0.3, 0.4) is 0 Å². The Morgan fingerprint density at radius 1 is 1.25 bits per heavy atom. The molecule has 2 aromatic heterocycles. The van der Waals surface area contributed by atoms with Gasteiger partial charge in [-0.05, 0) is 61.6 Å². The maximum Gasteiger partial charge on any atom is 0.181 e. The van der Waals surface area contributed by atoms with Crippen molar-refractivity contribution >= 4 is 27.8 Å². The topological polar surface area (TPSA) is 51.4 Å². The van der Waals surface area contributed by atoms with Crippen molar-refractivity contribution in [3.05, 3.63) is 40.6 Å². The number of benzene rings is 1. The third kappa shape index (κ3) is 3.77. The monoisotopic (exact) mass is 359 g/mol. The molecule has 24 heavy (non-hydrogen) atoms. The summed E-state index contributed by atoms with van der Waals surface area (Å²) in [6.45, 7) is 3.66. The summed E-state index contributed by atoms with van der Waals surface area (Å²) in [5.41, 5.74) is 10.3. The fraction of sp³-hybridized carbons (Fsp3) is 0.278. The lowest BCUT2D eigenvalue weighted by molar-refractivity contribution is 0.261. The van der Waals surface area contributed by atoms with Gasteiger partial charge in [0.25, 0.3) is 0 Å². The van der Waals surface area contributed by atoms with Gasteiger partial charge in [-0.1, -0.05) is 11.3 Å². The van der Waals surface area contributed by atoms with Crippen LogP contribution in [0.25, 0.3) is 21.7 Å². The van der Waals surface area contributed by atoms with Gasteiger partial charge in [0, 0.05) is 17.7 Å². The maximum absolute atomic E-state index is 5.98. The predicted octanol–water partition coefficient (Wildman–Crippen LogP) is 4.37. The quantitative estimate of drug-likeness (QED) is 0.710. The van der Waals surface area contributed by atoms with Crippen molar-refractivity contribution in [3.63, 3.8) is 0 Å². The fourth-order valence-corrected chi connectivity index (χ4v) is 4.01. The summed E-state index contributed by atoms with van der Waals surface area (Å²) < 4.78 is 5.81. The molecular formula is C18H21N3OS2. The molecule has 0 aliphatic carbocycles. The molecule has 0 bridgehead atoms. The first kappa shape index (κ1) is 17.0. The Morgan fingerprint density at radius 2 is 2.08 bits per heavy atom. The van der Waals surface area contributed by atoms with Crippen LogP contribution in [-0.2, 0) is 0 Å². The Kier molecular flexibility index (Phi) is 5.18. The van der Waals surface area contributed by atoms with E-state index in [4.69, 9.17) is 10.5 Å². The highest BCUT2D eigenvalue weighted by Crippen LogP contribution is 2.40. The second-order valence-corrected chi connectivity index (χ2v) is 7.68. The van der Waals surface area contributed by atoms with Crippen molar-refractivity contribution in [2.45, 2.75) is 6.92 Å². The molecular weight excluding hydrogens is 338 g/mol. The number of thiophene rings is 1. The van der Waals surface area contributed by atoms with Crippen molar-refractivity contribution in [2.24, 2.45) is 0 Å². The van der Waals surface area contributed by atoms with Gasteiger partial charge in [0.05, 0.1) is 10.6 Å². The van der Waals surface area contributed by atoms with Gasteiger partial charge < -0.3 is 15.4 Å². The van der Waals surface area contributed by atoms with Crippen LogP contribution in [-0.4, -0.2) is 37.1 Å². The van der Waals surface area contributed by atoms with Gasteiger partial charge >= 0.3 is 0 Å². The van der Waals surface area contributed by atoms with Crippen molar-refractivity contribution in [1.29, 1.82) is 0 Å². The first-order valence-electron chi connectivity index (χ1n) is 7.72. The Morgan fingerprint density at radius 3 is 2.75 bits per heavy atom. The Labute approximate surface area is 150 Å². The van der Waals surface area contributed by atoms with Gasteiger partial charge in [-0.3, -0.25) is 0 Å². The lowest BCUT2D eigenvalue weighted by Gasteiger charge is -2.12. The summed E-state index contributed by atoms with van der Waals surface area (Å²) in [4.78, 5) is 7.79. The minimum atomic E-state index is 0.594. The zero-order chi connectivity index (χ0) is 17.1. The number of hydrogen-bond donors (Lipinski definition) is 1. The molecule has 0 saturated heterocycles. The lowest BCUT2D eigenvalue weighted by Crippen LogP contribution is -2.19. The molecule has 0 saturated carbocycles. The molecule has 0 radical (unpaired) electrons. The fourth-order valence-electron chi connectivity index (χ4n) is 2.45. The van der Waals surface area contributed by atoms with E-state index >= 15 is 0 Å². The first-order chi connectivity index (χ1) is 11.5. The summed E-state index contributed by atoms with van der Waals surface area (Å²) in [7, 11) is 4.08. The first-order valence-corrected chi connectivity index (χ1v) is 9.48. The van der Waals surface area contributed by atoms with Crippen LogP contribution in [0, 0.1) is 6.92 Å². The highest BCUT2D eigenvalue weighted by molar-refractivity contribution is 7.19. The summed E-state index contributed by atoms with van der Waals surface area (Å²) in [6, 6.07) is 8.25. The maximum atomic E-state index is 5.98. The van der Waals surface area contributed by atoms with Crippen LogP contribution >= 0.6 is 22.7 Å². The average Bonchev–Trinajstić information content (AvgIpc) is 3.16. The number of likely N-dealkylation sites (N-methyl/N-ethyl adjacent to an activating group) is 1. The number of nitrogens with two attached hydrogens (primary N) is 1. The molecule has 2 heterocycles. The van der Waals surface area contributed by atoms with Crippen LogP contribution in [0.4, 0.5) is 5.13 Å². The average molecular weight is 360 g/mol. The molecule has 3 rings (SSSR count). The Bertz CT molecular complexity index is 810. The zero-order valence-electron chi connectivity index (χ0n) is 14.1. The molecule has 2 N–H and O–H groups in total. The molecule has 4 nitrogen and oxygen atoms in total. The number of aromatic nitrogens is 1. The molecule has 3 aromatic rings. The Balaban J connectivity index is 1.88. The van der Waals surface area contributed by atoms with E-state index in [9.17, 15) is 0 Å². The Hall–Kier alpha value is -1.89. The molecule has 6 heteroatoms. The van der Waals surface area contributed by atoms with Crippen LogP contribution in [0.15, 0.2) is 35.0 Å². The second-order valence-electron chi connectivity index (χ2n) is 5.87. The molecule has 126 valence electrons. The molecule has 0 unspecified atom stereocenters. The van der Waals surface area contributed by atoms with Gasteiger partial charge in [-0.15, -0.1) is 0 Å². The number of hydrogen-bond acceptors (Lipinski definition) is 6. The van der Waals surface area contributed by atoms with E-state index < -0.39 is 0 Å². The van der Waals surface area contributed by atoms with E-state index in [0.717, 1.165) is 34.0 Å². The van der Waals surface area contributed by atoms with Crippen molar-refractivity contribution in [2.75, 3.05) is 33.0 Å². The van der Waals surface area contributed by atoms with Gasteiger partial charge in [0.1, 0.15) is 12.4 Å². The predicted molar refractivity (Wildman–Crippen MR) is 104 cm³/mol. The molecule has 0 atom stereocenters. The van der Waals surface area contributed by atoms with E-state index in [-0.39, 0.29) is 0 Å². The van der Waals surface area contributed by atoms with E-state index in [0.29, 0.717) is 11.7 Å². The summed E-state index contributed by atoms with van der Waals surface area (Å²) in [5.74, 6) is 0.887. The molecule has 0 aliphatic heterocycles. The molecule has 0 aliphatic rings. The van der Waals surface area contributed by atoms with Crippen LogP contribution in [0.5, 0.6) is 5.75 Å². The van der Waals surface area contributed by atoms with E-state index in [1.54, 1.807) is 11.3 Å². The van der Waals surface area contributed by atoms with E-state index in [1.807, 2.05) is 20.2 Å². The summed E-state index contributed by atoms with van der Waals surface area (Å²) >= 11 is 3.21. The van der Waals surface area contributed by atoms with E-state index in [1.165, 1.54) is 16.9 Å². The molecule has 1 aromatic carbocycles. The number of nitrogens with zero attached hydrogens (tertiary/aromatic N) is 2. The van der Waals surface area contributed by atoms with Crippen LogP contribution in [0.2, 0.25) is 0 Å². The molecule has 0 spiro atoms. The normalized spacial score (nSPS) is 11.2. The number of aryl methyl sites for hydroxylation is 1. The molecule has 0 fully saturated rings. The zero-order valence-corrected chi connectivity index (χ0v) is 15.7. The SMILES string of the molecule is Cc1cc(OCCN(C)C)ccc1-c1nc(N)sc1-c1ccsc1. The summed E-state index contributed by atoms with van der Waals surface area (Å²) in [5, 5.41) is 4.80. The highest BCUT2D eigenvalue weighted by Gasteiger charge is 2.16. The smallest absolute Gasteiger partial charge is 0.181 e. The minimum absolute atomic E-state index is 0.594. The third-order valence-corrected chi connectivity index (χ3v) is 5.30. The van der Waals surface area contributed by atoms with Gasteiger partial charge in [-0.25, -0.2) is 4.98 Å². The molecule has 0 amide bonds. The number of ether oxygens (including phenoxy) is 1. The number of thiazole rings is 1. The largest absolute Gasteiger partial charge is 0.492 e. The van der Waals surface area contributed by atoms with Crippen molar-refractivity contribution in [1.82, 2.24) is 9.88 Å². The number of rotatable bonds is 6. The highest BCUT2D eigenvalue weighted by atomic mass is 32.1.